The van der Waals surface area contributed by atoms with E-state index >= 15 is 0 Å². The zero-order chi connectivity index (χ0) is 18.0. The third kappa shape index (κ3) is 3.25. The molecule has 2 aromatic rings. The van der Waals surface area contributed by atoms with Crippen molar-refractivity contribution in [3.8, 4) is 0 Å². The first kappa shape index (κ1) is 17.1. The Bertz CT molecular complexity index is 824. The molecule has 130 valence electrons. The van der Waals surface area contributed by atoms with Crippen molar-refractivity contribution in [2.45, 2.75) is 19.0 Å². The number of rotatable bonds is 5. The van der Waals surface area contributed by atoms with Gasteiger partial charge in [-0.1, -0.05) is 24.3 Å². The number of imide groups is 1. The quantitative estimate of drug-likeness (QED) is 0.800. The highest BCUT2D eigenvalue weighted by Gasteiger charge is 2.50. The van der Waals surface area contributed by atoms with Crippen LogP contribution in [0.1, 0.15) is 17.4 Å². The molecule has 1 atom stereocenters. The third-order valence-electron chi connectivity index (χ3n) is 4.03. The van der Waals surface area contributed by atoms with Gasteiger partial charge in [0.15, 0.2) is 0 Å². The Morgan fingerprint density at radius 1 is 1.28 bits per heavy atom. The number of hydrogen-bond donors (Lipinski definition) is 2. The Morgan fingerprint density at radius 3 is 2.72 bits per heavy atom. The molecule has 25 heavy (non-hydrogen) atoms. The zero-order valence-electron chi connectivity index (χ0n) is 13.4. The number of urea groups is 1. The summed E-state index contributed by atoms with van der Waals surface area (Å²) in [7, 11) is 0. The topological polar surface area (TPSA) is 78.5 Å². The number of carbonyl (C=O) groups excluding carboxylic acids is 3. The van der Waals surface area contributed by atoms with E-state index in [1.54, 1.807) is 6.07 Å². The smallest absolute Gasteiger partial charge is 0.325 e. The van der Waals surface area contributed by atoms with Crippen molar-refractivity contribution >= 4 is 29.2 Å². The third-order valence-corrected chi connectivity index (χ3v) is 4.91. The van der Waals surface area contributed by atoms with Crippen molar-refractivity contribution in [3.63, 3.8) is 0 Å². The average Bonchev–Trinajstić information content (AvgIpc) is 3.17. The molecule has 2 heterocycles. The molecule has 0 aliphatic carbocycles. The van der Waals surface area contributed by atoms with E-state index in [2.05, 4.69) is 10.6 Å². The highest BCUT2D eigenvalue weighted by Crippen LogP contribution is 2.30. The Balaban J connectivity index is 1.71. The molecule has 1 aromatic carbocycles. The molecule has 0 radical (unpaired) electrons. The summed E-state index contributed by atoms with van der Waals surface area (Å²) >= 11 is 1.49. The van der Waals surface area contributed by atoms with Gasteiger partial charge in [-0.2, -0.15) is 0 Å². The average molecular weight is 361 g/mol. The summed E-state index contributed by atoms with van der Waals surface area (Å²) in [5.74, 6) is -1.72. The second-order valence-electron chi connectivity index (χ2n) is 5.78. The van der Waals surface area contributed by atoms with Crippen LogP contribution in [0.4, 0.5) is 9.18 Å². The maximum atomic E-state index is 14.1. The van der Waals surface area contributed by atoms with E-state index in [1.165, 1.54) is 36.5 Å². The summed E-state index contributed by atoms with van der Waals surface area (Å²) < 4.78 is 14.1. The predicted molar refractivity (Wildman–Crippen MR) is 90.2 cm³/mol. The predicted octanol–water partition coefficient (Wildman–Crippen LogP) is 1.97. The van der Waals surface area contributed by atoms with E-state index < -0.39 is 35.7 Å². The normalized spacial score (nSPS) is 19.8. The van der Waals surface area contributed by atoms with Crippen LogP contribution in [0.5, 0.6) is 0 Å². The maximum absolute atomic E-state index is 14.1. The first-order valence-electron chi connectivity index (χ1n) is 7.60. The van der Waals surface area contributed by atoms with Gasteiger partial charge in [0.2, 0.25) is 5.91 Å². The molecule has 1 saturated heterocycles. The van der Waals surface area contributed by atoms with Crippen molar-refractivity contribution in [2.24, 2.45) is 0 Å². The van der Waals surface area contributed by atoms with E-state index in [-0.39, 0.29) is 5.56 Å². The number of hydrogen-bond acceptors (Lipinski definition) is 4. The lowest BCUT2D eigenvalue weighted by molar-refractivity contribution is -0.134. The number of thiophene rings is 1. The Hall–Kier alpha value is -2.74. The summed E-state index contributed by atoms with van der Waals surface area (Å²) in [5.41, 5.74) is -1.47. The van der Waals surface area contributed by atoms with Crippen molar-refractivity contribution in [1.29, 1.82) is 0 Å². The summed E-state index contributed by atoms with van der Waals surface area (Å²) in [6.45, 7) is 1.33. The number of nitrogens with one attached hydrogen (secondary N) is 2. The molecule has 1 aliphatic heterocycles. The van der Waals surface area contributed by atoms with E-state index in [0.717, 1.165) is 9.78 Å². The van der Waals surface area contributed by atoms with Crippen LogP contribution in [-0.2, 0) is 21.7 Å². The van der Waals surface area contributed by atoms with E-state index in [1.807, 2.05) is 17.5 Å². The second kappa shape index (κ2) is 6.64. The maximum Gasteiger partial charge on any atom is 0.325 e. The second-order valence-corrected chi connectivity index (χ2v) is 6.81. The number of benzene rings is 1. The fourth-order valence-corrected chi connectivity index (χ4v) is 3.33. The lowest BCUT2D eigenvalue weighted by Gasteiger charge is -2.22. The zero-order valence-corrected chi connectivity index (χ0v) is 14.2. The van der Waals surface area contributed by atoms with Gasteiger partial charge in [-0.25, -0.2) is 9.18 Å². The lowest BCUT2D eigenvalue weighted by Crippen LogP contribution is -2.43. The van der Waals surface area contributed by atoms with Crippen LogP contribution in [0.3, 0.4) is 0 Å². The fraction of sp³-hybridized carbons (Fsp3) is 0.235. The van der Waals surface area contributed by atoms with E-state index in [9.17, 15) is 18.8 Å². The highest BCUT2D eigenvalue weighted by molar-refractivity contribution is 7.09. The van der Waals surface area contributed by atoms with Gasteiger partial charge >= 0.3 is 6.03 Å². The fourth-order valence-electron chi connectivity index (χ4n) is 2.69. The minimum absolute atomic E-state index is 0.0647. The molecular formula is C17H16FN3O3S. The largest absolute Gasteiger partial charge is 0.350 e. The SMILES string of the molecule is C[C@]1(c2ccccc2F)NC(=O)N(CC(=O)NCc2cccs2)C1=O. The van der Waals surface area contributed by atoms with Crippen LogP contribution in [0.15, 0.2) is 41.8 Å². The summed E-state index contributed by atoms with van der Waals surface area (Å²) in [4.78, 5) is 38.6. The monoisotopic (exact) mass is 361 g/mol. The van der Waals surface area contributed by atoms with E-state index in [4.69, 9.17) is 0 Å². The van der Waals surface area contributed by atoms with Crippen LogP contribution in [0.25, 0.3) is 0 Å². The van der Waals surface area contributed by atoms with Crippen LogP contribution in [0, 0.1) is 5.82 Å². The van der Waals surface area contributed by atoms with Gasteiger partial charge in [-0.05, 0) is 24.4 Å². The Kier molecular flexibility index (Phi) is 4.54. The van der Waals surface area contributed by atoms with Gasteiger partial charge in [-0.3, -0.25) is 14.5 Å². The van der Waals surface area contributed by atoms with Crippen molar-refractivity contribution < 1.29 is 18.8 Å². The molecule has 0 saturated carbocycles. The number of nitrogens with zero attached hydrogens (tertiary/aromatic N) is 1. The highest BCUT2D eigenvalue weighted by atomic mass is 32.1. The minimum atomic E-state index is -1.53. The molecule has 0 bridgehead atoms. The molecule has 4 amide bonds. The molecule has 1 aliphatic rings. The summed E-state index contributed by atoms with van der Waals surface area (Å²) in [6.07, 6.45) is 0. The number of carbonyl (C=O) groups is 3. The standard InChI is InChI=1S/C17H16FN3O3S/c1-17(12-6-2-3-7-13(12)18)15(23)21(16(24)20-17)10-14(22)19-9-11-5-4-8-25-11/h2-8H,9-10H2,1H3,(H,19,22)(H,20,24)/t17-/m1/s1. The molecule has 0 spiro atoms. The molecule has 0 unspecified atom stereocenters. The summed E-state index contributed by atoms with van der Waals surface area (Å²) in [5, 5.41) is 7.02. The van der Waals surface area contributed by atoms with Gasteiger partial charge < -0.3 is 10.6 Å². The number of amides is 4. The molecule has 1 aromatic heterocycles. The van der Waals surface area contributed by atoms with Crippen LogP contribution < -0.4 is 10.6 Å². The number of halogens is 1. The van der Waals surface area contributed by atoms with Crippen LogP contribution in [-0.4, -0.2) is 29.3 Å². The van der Waals surface area contributed by atoms with Gasteiger partial charge in [0.05, 0.1) is 6.54 Å². The summed E-state index contributed by atoms with van der Waals surface area (Å²) in [6, 6.07) is 8.75. The van der Waals surface area contributed by atoms with Crippen LogP contribution in [0.2, 0.25) is 0 Å². The molecule has 1 fully saturated rings. The van der Waals surface area contributed by atoms with Gasteiger partial charge in [0, 0.05) is 10.4 Å². The lowest BCUT2D eigenvalue weighted by atomic mass is 9.91. The Morgan fingerprint density at radius 2 is 2.04 bits per heavy atom. The molecule has 6 nitrogen and oxygen atoms in total. The molecule has 3 rings (SSSR count). The minimum Gasteiger partial charge on any atom is -0.350 e. The molecule has 8 heteroatoms. The van der Waals surface area contributed by atoms with Gasteiger partial charge in [-0.15, -0.1) is 11.3 Å². The molecule has 2 N–H and O–H groups in total. The van der Waals surface area contributed by atoms with Crippen LogP contribution >= 0.6 is 11.3 Å². The first-order chi connectivity index (χ1) is 11.9. The van der Waals surface area contributed by atoms with Gasteiger partial charge in [0.25, 0.3) is 5.91 Å². The molecular weight excluding hydrogens is 345 g/mol. The van der Waals surface area contributed by atoms with Crippen molar-refractivity contribution in [3.05, 3.63) is 58.0 Å². The Labute approximate surface area is 147 Å². The van der Waals surface area contributed by atoms with E-state index in [0.29, 0.717) is 6.54 Å². The van der Waals surface area contributed by atoms with Gasteiger partial charge in [0.1, 0.15) is 17.9 Å². The first-order valence-corrected chi connectivity index (χ1v) is 8.48. The van der Waals surface area contributed by atoms with Crippen molar-refractivity contribution in [1.82, 2.24) is 15.5 Å². The van der Waals surface area contributed by atoms with Crippen molar-refractivity contribution in [2.75, 3.05) is 6.54 Å².